The molecule has 8 heteroatoms. The van der Waals surface area contributed by atoms with Gasteiger partial charge in [-0.15, -0.1) is 0 Å². The molecule has 0 saturated carbocycles. The number of anilines is 2. The molecular formula is C28H29ClN2O5. The maximum absolute atomic E-state index is 13.5. The Morgan fingerprint density at radius 1 is 0.972 bits per heavy atom. The number of hydrogen-bond acceptors (Lipinski definition) is 5. The molecule has 0 aliphatic carbocycles. The average molecular weight is 509 g/mol. The molecule has 188 valence electrons. The zero-order valence-electron chi connectivity index (χ0n) is 20.7. The lowest BCUT2D eigenvalue weighted by atomic mass is 9.74. The van der Waals surface area contributed by atoms with Crippen molar-refractivity contribution >= 4 is 34.8 Å². The summed E-state index contributed by atoms with van der Waals surface area (Å²) in [5.74, 6) is 0.426. The fraction of sp³-hybridized carbons (Fsp3) is 0.286. The van der Waals surface area contributed by atoms with Crippen LogP contribution in [0.1, 0.15) is 29.9 Å². The van der Waals surface area contributed by atoms with E-state index in [2.05, 4.69) is 5.32 Å². The van der Waals surface area contributed by atoms with E-state index in [1.165, 1.54) is 14.2 Å². The van der Waals surface area contributed by atoms with E-state index >= 15 is 0 Å². The predicted octanol–water partition coefficient (Wildman–Crippen LogP) is 5.51. The predicted molar refractivity (Wildman–Crippen MR) is 141 cm³/mol. The third kappa shape index (κ3) is 4.97. The number of halogens is 1. The van der Waals surface area contributed by atoms with Gasteiger partial charge in [-0.05, 0) is 35.7 Å². The van der Waals surface area contributed by atoms with Crippen molar-refractivity contribution < 1.29 is 23.8 Å². The lowest BCUT2D eigenvalue weighted by Crippen LogP contribution is -2.41. The molecule has 0 bridgehead atoms. The molecule has 1 aliphatic rings. The van der Waals surface area contributed by atoms with Crippen LogP contribution in [-0.4, -0.2) is 40.2 Å². The van der Waals surface area contributed by atoms with Gasteiger partial charge in [0.1, 0.15) is 22.9 Å². The Hall–Kier alpha value is -3.71. The number of methoxy groups -OCH3 is 3. The highest BCUT2D eigenvalue weighted by Crippen LogP contribution is 2.45. The van der Waals surface area contributed by atoms with Gasteiger partial charge in [0, 0.05) is 48.1 Å². The number of hydrogen-bond donors (Lipinski definition) is 1. The second kappa shape index (κ2) is 10.9. The maximum Gasteiger partial charge on any atom is 0.230 e. The summed E-state index contributed by atoms with van der Waals surface area (Å²) in [6, 6.07) is 18.8. The van der Waals surface area contributed by atoms with Gasteiger partial charge in [0.05, 0.1) is 21.3 Å². The van der Waals surface area contributed by atoms with E-state index in [1.807, 2.05) is 42.5 Å². The number of nitrogens with zero attached hydrogens (tertiary/aromatic N) is 1. The van der Waals surface area contributed by atoms with Crippen molar-refractivity contribution in [2.24, 2.45) is 5.92 Å². The van der Waals surface area contributed by atoms with E-state index in [-0.39, 0.29) is 24.2 Å². The second-order valence-electron chi connectivity index (χ2n) is 8.59. The molecule has 0 spiro atoms. The van der Waals surface area contributed by atoms with Crippen LogP contribution in [0.15, 0.2) is 60.7 Å². The van der Waals surface area contributed by atoms with Crippen LogP contribution in [0, 0.1) is 5.92 Å². The average Bonchev–Trinajstić information content (AvgIpc) is 2.90. The highest BCUT2D eigenvalue weighted by atomic mass is 35.5. The zero-order valence-corrected chi connectivity index (χ0v) is 21.5. The molecule has 3 aromatic carbocycles. The quantitative estimate of drug-likeness (QED) is 0.434. The minimum atomic E-state index is -0.436. The molecule has 2 atom stereocenters. The summed E-state index contributed by atoms with van der Waals surface area (Å²) in [5.41, 5.74) is 3.22. The van der Waals surface area contributed by atoms with Crippen LogP contribution in [0.3, 0.4) is 0 Å². The Kier molecular flexibility index (Phi) is 7.70. The van der Waals surface area contributed by atoms with Crippen LogP contribution in [0.4, 0.5) is 11.4 Å². The summed E-state index contributed by atoms with van der Waals surface area (Å²) in [7, 11) is 6.32. The summed E-state index contributed by atoms with van der Waals surface area (Å²) in [4.78, 5) is 28.2. The van der Waals surface area contributed by atoms with Gasteiger partial charge in [-0.3, -0.25) is 9.59 Å². The third-order valence-corrected chi connectivity index (χ3v) is 6.79. The highest BCUT2D eigenvalue weighted by molar-refractivity contribution is 6.30. The van der Waals surface area contributed by atoms with E-state index in [0.29, 0.717) is 34.4 Å². The molecule has 0 radical (unpaired) electrons. The van der Waals surface area contributed by atoms with Gasteiger partial charge >= 0.3 is 0 Å². The summed E-state index contributed by atoms with van der Waals surface area (Å²) in [6.45, 7) is 0. The number of benzene rings is 3. The summed E-state index contributed by atoms with van der Waals surface area (Å²) in [5, 5.41) is 3.49. The highest BCUT2D eigenvalue weighted by Gasteiger charge is 2.40. The zero-order chi connectivity index (χ0) is 25.8. The summed E-state index contributed by atoms with van der Waals surface area (Å²) >= 11 is 6.36. The molecule has 0 saturated heterocycles. The van der Waals surface area contributed by atoms with Crippen LogP contribution in [0.2, 0.25) is 5.02 Å². The molecule has 1 N–H and O–H groups in total. The van der Waals surface area contributed by atoms with Crippen molar-refractivity contribution in [1.29, 1.82) is 0 Å². The first-order valence-corrected chi connectivity index (χ1v) is 12.0. The van der Waals surface area contributed by atoms with Crippen molar-refractivity contribution in [1.82, 2.24) is 0 Å². The van der Waals surface area contributed by atoms with Crippen LogP contribution >= 0.6 is 11.6 Å². The number of carbonyl (C=O) groups is 2. The van der Waals surface area contributed by atoms with E-state index in [0.717, 1.165) is 16.8 Å². The normalized spacial score (nSPS) is 16.8. The Labute approximate surface area is 215 Å². The monoisotopic (exact) mass is 508 g/mol. The Bertz CT molecular complexity index is 1240. The van der Waals surface area contributed by atoms with Crippen molar-refractivity contribution in [3.05, 3.63) is 76.8 Å². The standard InChI is InChI=1S/C28H29ClN2O5/c1-31-22-12-10-18(29)14-21(22)26(17-8-6-5-7-9-17)20(28(31)33)11-13-25(32)30-27-23(35-3)15-19(34-2)16-24(27)36-4/h5-10,12,14-16,20,26H,11,13H2,1-4H3,(H,30,32). The summed E-state index contributed by atoms with van der Waals surface area (Å²) < 4.78 is 16.1. The first-order valence-electron chi connectivity index (χ1n) is 11.6. The van der Waals surface area contributed by atoms with E-state index in [1.54, 1.807) is 37.3 Å². The molecule has 1 aliphatic heterocycles. The molecule has 3 aromatic rings. The van der Waals surface area contributed by atoms with Crippen LogP contribution in [-0.2, 0) is 9.59 Å². The Morgan fingerprint density at radius 3 is 2.25 bits per heavy atom. The number of nitrogens with one attached hydrogen (secondary N) is 1. The Balaban J connectivity index is 1.61. The fourth-order valence-corrected chi connectivity index (χ4v) is 4.97. The number of ether oxygens (including phenoxy) is 3. The van der Waals surface area contributed by atoms with Crippen LogP contribution in [0.25, 0.3) is 0 Å². The fourth-order valence-electron chi connectivity index (χ4n) is 4.79. The molecular weight excluding hydrogens is 480 g/mol. The first kappa shape index (κ1) is 25.4. The first-order chi connectivity index (χ1) is 17.4. The maximum atomic E-state index is 13.5. The van der Waals surface area contributed by atoms with Gasteiger partial charge in [-0.1, -0.05) is 41.9 Å². The van der Waals surface area contributed by atoms with Crippen LogP contribution < -0.4 is 24.4 Å². The molecule has 2 unspecified atom stereocenters. The number of fused-ring (bicyclic) bond motifs is 1. The van der Waals surface area contributed by atoms with Crippen molar-refractivity contribution in [3.63, 3.8) is 0 Å². The van der Waals surface area contributed by atoms with Crippen LogP contribution in [0.5, 0.6) is 17.2 Å². The van der Waals surface area contributed by atoms with Gasteiger partial charge in [0.15, 0.2) is 0 Å². The smallest absolute Gasteiger partial charge is 0.230 e. The molecule has 4 rings (SSSR count). The van der Waals surface area contributed by atoms with Crippen molar-refractivity contribution in [3.8, 4) is 17.2 Å². The molecule has 7 nitrogen and oxygen atoms in total. The van der Waals surface area contributed by atoms with Crippen molar-refractivity contribution in [2.45, 2.75) is 18.8 Å². The lowest BCUT2D eigenvalue weighted by Gasteiger charge is -2.38. The number of rotatable bonds is 8. The minimum absolute atomic E-state index is 0.0360. The van der Waals surface area contributed by atoms with E-state index in [4.69, 9.17) is 25.8 Å². The summed E-state index contributed by atoms with van der Waals surface area (Å²) in [6.07, 6.45) is 0.475. The minimum Gasteiger partial charge on any atom is -0.496 e. The molecule has 36 heavy (non-hydrogen) atoms. The van der Waals surface area contributed by atoms with E-state index < -0.39 is 5.92 Å². The Morgan fingerprint density at radius 2 is 1.64 bits per heavy atom. The number of carbonyl (C=O) groups excluding carboxylic acids is 2. The topological polar surface area (TPSA) is 77.1 Å². The second-order valence-corrected chi connectivity index (χ2v) is 9.03. The van der Waals surface area contributed by atoms with Gasteiger partial charge in [0.2, 0.25) is 11.8 Å². The number of amides is 2. The van der Waals surface area contributed by atoms with Crippen molar-refractivity contribution in [2.75, 3.05) is 38.6 Å². The lowest BCUT2D eigenvalue weighted by molar-refractivity contribution is -0.123. The molecule has 1 heterocycles. The van der Waals surface area contributed by atoms with Gasteiger partial charge in [0.25, 0.3) is 0 Å². The SMILES string of the molecule is COc1cc(OC)c(NC(=O)CCC2C(=O)N(C)c3ccc(Cl)cc3C2c2ccccc2)c(OC)c1. The molecule has 0 aromatic heterocycles. The largest absolute Gasteiger partial charge is 0.496 e. The van der Waals surface area contributed by atoms with Gasteiger partial charge in [-0.2, -0.15) is 0 Å². The molecule has 2 amide bonds. The van der Waals surface area contributed by atoms with Gasteiger partial charge < -0.3 is 24.4 Å². The third-order valence-electron chi connectivity index (χ3n) is 6.56. The van der Waals surface area contributed by atoms with Gasteiger partial charge in [-0.25, -0.2) is 0 Å². The van der Waals surface area contributed by atoms with E-state index in [9.17, 15) is 9.59 Å². The molecule has 0 fully saturated rings.